The molecule has 0 radical (unpaired) electrons. The van der Waals surface area contributed by atoms with Crippen molar-refractivity contribution in [1.82, 2.24) is 14.9 Å². The Morgan fingerprint density at radius 1 is 1.35 bits per heavy atom. The van der Waals surface area contributed by atoms with Gasteiger partial charge < -0.3 is 15.1 Å². The Morgan fingerprint density at radius 3 is 2.50 bits per heavy atom. The Labute approximate surface area is 120 Å². The average molecular weight is 279 g/mol. The number of hydrazine groups is 1. The van der Waals surface area contributed by atoms with Crippen LogP contribution in [0.1, 0.15) is 44.0 Å². The Balaban J connectivity index is 2.20. The van der Waals surface area contributed by atoms with Crippen molar-refractivity contribution in [3.63, 3.8) is 0 Å². The molecule has 1 aromatic heterocycles. The zero-order valence-corrected chi connectivity index (χ0v) is 13.0. The molecule has 0 aromatic carbocycles. The molecule has 1 saturated carbocycles. The second-order valence-corrected chi connectivity index (χ2v) is 6.27. The standard InChI is InChI=1S/C14H25N5O/c1-9-11(18-15)16-12(10-6-7-10)17-13(9)20-8-14(2,3)19(4)5/h10H,6-8,15H2,1-5H3,(H,16,17,18). The van der Waals surface area contributed by atoms with Gasteiger partial charge in [-0.15, -0.1) is 0 Å². The van der Waals surface area contributed by atoms with Crippen LogP contribution >= 0.6 is 0 Å². The first kappa shape index (κ1) is 15.0. The minimum atomic E-state index is -0.0621. The zero-order valence-electron chi connectivity index (χ0n) is 13.0. The van der Waals surface area contributed by atoms with Crippen molar-refractivity contribution in [2.75, 3.05) is 26.1 Å². The topological polar surface area (TPSA) is 76.3 Å². The fourth-order valence-electron chi connectivity index (χ4n) is 1.69. The van der Waals surface area contributed by atoms with Crippen LogP contribution in [0, 0.1) is 6.92 Å². The van der Waals surface area contributed by atoms with E-state index in [1.807, 2.05) is 21.0 Å². The first-order valence-electron chi connectivity index (χ1n) is 7.00. The van der Waals surface area contributed by atoms with Crippen LogP contribution in [0.25, 0.3) is 0 Å². The molecule has 0 unspecified atom stereocenters. The molecule has 112 valence electrons. The van der Waals surface area contributed by atoms with E-state index in [2.05, 4.69) is 34.1 Å². The molecule has 1 fully saturated rings. The van der Waals surface area contributed by atoms with E-state index in [-0.39, 0.29) is 5.54 Å². The van der Waals surface area contributed by atoms with Crippen molar-refractivity contribution in [2.45, 2.75) is 45.1 Å². The van der Waals surface area contributed by atoms with Crippen LogP contribution in [0.15, 0.2) is 0 Å². The van der Waals surface area contributed by atoms with Gasteiger partial charge in [-0.25, -0.2) is 10.8 Å². The third kappa shape index (κ3) is 3.19. The van der Waals surface area contributed by atoms with Crippen LogP contribution in [0.3, 0.4) is 0 Å². The van der Waals surface area contributed by atoms with E-state index in [1.54, 1.807) is 0 Å². The van der Waals surface area contributed by atoms with Gasteiger partial charge in [0.2, 0.25) is 5.88 Å². The van der Waals surface area contributed by atoms with Crippen LogP contribution in [0.4, 0.5) is 5.82 Å². The van der Waals surface area contributed by atoms with E-state index in [1.165, 1.54) is 0 Å². The molecule has 0 amide bonds. The molecule has 0 spiro atoms. The van der Waals surface area contributed by atoms with Crippen LogP contribution < -0.4 is 16.0 Å². The molecule has 1 aromatic rings. The molecule has 20 heavy (non-hydrogen) atoms. The summed E-state index contributed by atoms with van der Waals surface area (Å²) in [6.07, 6.45) is 2.30. The van der Waals surface area contributed by atoms with Crippen LogP contribution in [0.2, 0.25) is 0 Å². The molecular formula is C14H25N5O. The number of nitrogens with one attached hydrogen (secondary N) is 1. The number of aromatic nitrogens is 2. The molecule has 1 aliphatic carbocycles. The van der Waals surface area contributed by atoms with Gasteiger partial charge in [-0.1, -0.05) is 0 Å². The highest BCUT2D eigenvalue weighted by Gasteiger charge is 2.29. The molecule has 6 nitrogen and oxygen atoms in total. The van der Waals surface area contributed by atoms with Crippen molar-refractivity contribution in [2.24, 2.45) is 5.84 Å². The van der Waals surface area contributed by atoms with E-state index in [0.717, 1.165) is 24.2 Å². The number of likely N-dealkylation sites (N-methyl/N-ethyl adjacent to an activating group) is 1. The minimum absolute atomic E-state index is 0.0621. The van der Waals surface area contributed by atoms with Gasteiger partial charge in [0.25, 0.3) is 0 Å². The quantitative estimate of drug-likeness (QED) is 0.609. The van der Waals surface area contributed by atoms with Gasteiger partial charge in [0.1, 0.15) is 18.2 Å². The van der Waals surface area contributed by atoms with Gasteiger partial charge in [-0.3, -0.25) is 0 Å². The van der Waals surface area contributed by atoms with E-state index in [4.69, 9.17) is 10.6 Å². The third-order valence-corrected chi connectivity index (χ3v) is 3.97. The summed E-state index contributed by atoms with van der Waals surface area (Å²) in [5.74, 6) is 8.12. The van der Waals surface area contributed by atoms with Crippen LogP contribution in [-0.2, 0) is 0 Å². The molecule has 0 saturated heterocycles. The molecule has 1 aliphatic rings. The maximum atomic E-state index is 5.94. The smallest absolute Gasteiger partial charge is 0.221 e. The number of hydrogen-bond acceptors (Lipinski definition) is 6. The van der Waals surface area contributed by atoms with Gasteiger partial charge in [-0.05, 0) is 47.7 Å². The van der Waals surface area contributed by atoms with E-state index < -0.39 is 0 Å². The van der Waals surface area contributed by atoms with Crippen molar-refractivity contribution in [1.29, 1.82) is 0 Å². The van der Waals surface area contributed by atoms with Crippen LogP contribution in [0.5, 0.6) is 5.88 Å². The summed E-state index contributed by atoms with van der Waals surface area (Å²) in [5, 5.41) is 0. The summed E-state index contributed by atoms with van der Waals surface area (Å²) in [6, 6.07) is 0. The second-order valence-electron chi connectivity index (χ2n) is 6.27. The number of anilines is 1. The zero-order chi connectivity index (χ0) is 14.9. The maximum absolute atomic E-state index is 5.94. The summed E-state index contributed by atoms with van der Waals surface area (Å²) in [6.45, 7) is 6.75. The fourth-order valence-corrected chi connectivity index (χ4v) is 1.69. The molecule has 0 bridgehead atoms. The number of ether oxygens (including phenoxy) is 1. The SMILES string of the molecule is Cc1c(NN)nc(C2CC2)nc1OCC(C)(C)N(C)C. The normalized spacial score (nSPS) is 15.6. The monoisotopic (exact) mass is 279 g/mol. The van der Waals surface area contributed by atoms with Gasteiger partial charge in [0.15, 0.2) is 0 Å². The lowest BCUT2D eigenvalue weighted by Gasteiger charge is -2.32. The van der Waals surface area contributed by atoms with Gasteiger partial charge in [-0.2, -0.15) is 4.98 Å². The minimum Gasteiger partial charge on any atom is -0.475 e. The Morgan fingerprint density at radius 2 is 2.00 bits per heavy atom. The first-order chi connectivity index (χ1) is 9.35. The molecule has 3 N–H and O–H groups in total. The Bertz CT molecular complexity index is 483. The summed E-state index contributed by atoms with van der Waals surface area (Å²) in [7, 11) is 4.08. The fraction of sp³-hybridized carbons (Fsp3) is 0.714. The highest BCUT2D eigenvalue weighted by atomic mass is 16.5. The maximum Gasteiger partial charge on any atom is 0.221 e. The van der Waals surface area contributed by atoms with Crippen molar-refractivity contribution in [3.8, 4) is 5.88 Å². The highest BCUT2D eigenvalue weighted by molar-refractivity contribution is 5.48. The van der Waals surface area contributed by atoms with E-state index >= 15 is 0 Å². The number of nitrogen functional groups attached to an aromatic ring is 1. The molecule has 2 rings (SSSR count). The molecular weight excluding hydrogens is 254 g/mol. The first-order valence-corrected chi connectivity index (χ1v) is 7.00. The largest absolute Gasteiger partial charge is 0.475 e. The molecule has 0 atom stereocenters. The Hall–Kier alpha value is -1.40. The number of rotatable bonds is 6. The van der Waals surface area contributed by atoms with E-state index in [0.29, 0.717) is 24.2 Å². The lowest BCUT2D eigenvalue weighted by atomic mass is 10.1. The molecule has 6 heteroatoms. The lowest BCUT2D eigenvalue weighted by Crippen LogP contribution is -2.43. The van der Waals surface area contributed by atoms with Gasteiger partial charge in [0.05, 0.1) is 5.56 Å². The van der Waals surface area contributed by atoms with Crippen molar-refractivity contribution in [3.05, 3.63) is 11.4 Å². The van der Waals surface area contributed by atoms with Crippen LogP contribution in [-0.4, -0.2) is 41.1 Å². The Kier molecular flexibility index (Phi) is 4.15. The summed E-state index contributed by atoms with van der Waals surface area (Å²) >= 11 is 0. The average Bonchev–Trinajstić information content (AvgIpc) is 3.21. The highest BCUT2D eigenvalue weighted by Crippen LogP contribution is 2.39. The molecule has 0 aliphatic heterocycles. The van der Waals surface area contributed by atoms with Gasteiger partial charge >= 0.3 is 0 Å². The second kappa shape index (κ2) is 5.54. The third-order valence-electron chi connectivity index (χ3n) is 3.97. The predicted molar refractivity (Wildman–Crippen MR) is 79.8 cm³/mol. The summed E-state index contributed by atoms with van der Waals surface area (Å²) in [5.41, 5.74) is 3.43. The van der Waals surface area contributed by atoms with E-state index in [9.17, 15) is 0 Å². The number of hydrogen-bond donors (Lipinski definition) is 2. The van der Waals surface area contributed by atoms with Crippen molar-refractivity contribution < 1.29 is 4.74 Å². The number of nitrogens with two attached hydrogens (primary N) is 1. The van der Waals surface area contributed by atoms with Gasteiger partial charge in [0, 0.05) is 11.5 Å². The summed E-state index contributed by atoms with van der Waals surface area (Å²) < 4.78 is 5.94. The molecule has 1 heterocycles. The number of nitrogens with zero attached hydrogens (tertiary/aromatic N) is 3. The summed E-state index contributed by atoms with van der Waals surface area (Å²) in [4.78, 5) is 11.1. The van der Waals surface area contributed by atoms with Crippen molar-refractivity contribution >= 4 is 5.82 Å². The lowest BCUT2D eigenvalue weighted by molar-refractivity contribution is 0.110. The predicted octanol–water partition coefficient (Wildman–Crippen LogP) is 1.67.